The van der Waals surface area contributed by atoms with Crippen LogP contribution >= 0.6 is 11.6 Å². The van der Waals surface area contributed by atoms with Crippen molar-refractivity contribution in [3.63, 3.8) is 0 Å². The first-order valence-electron chi connectivity index (χ1n) is 6.12. The number of rotatable bonds is 4. The molecule has 0 saturated carbocycles. The van der Waals surface area contributed by atoms with Gasteiger partial charge in [-0.3, -0.25) is 4.79 Å². The summed E-state index contributed by atoms with van der Waals surface area (Å²) in [6, 6.07) is 9.71. The van der Waals surface area contributed by atoms with Crippen molar-refractivity contribution in [2.24, 2.45) is 5.14 Å². The molecule has 8 heteroatoms. The number of amides is 1. The van der Waals surface area contributed by atoms with Gasteiger partial charge in [-0.15, -0.1) is 0 Å². The first-order valence-corrected chi connectivity index (χ1v) is 8.05. The Kier molecular flexibility index (Phi) is 4.80. The van der Waals surface area contributed by atoms with Crippen LogP contribution in [0.2, 0.25) is 5.02 Å². The van der Waals surface area contributed by atoms with Crippen molar-refractivity contribution in [2.75, 3.05) is 0 Å². The number of primary sulfonamides is 1. The number of nitrogens with two attached hydrogens (primary N) is 1. The number of benzene rings is 2. The lowest BCUT2D eigenvalue weighted by molar-refractivity contribution is 0.0946. The van der Waals surface area contributed by atoms with E-state index in [0.29, 0.717) is 11.1 Å². The lowest BCUT2D eigenvalue weighted by Crippen LogP contribution is -2.24. The third-order valence-corrected chi connectivity index (χ3v) is 4.00. The van der Waals surface area contributed by atoms with Crippen molar-refractivity contribution in [1.29, 1.82) is 0 Å². The highest BCUT2D eigenvalue weighted by molar-refractivity contribution is 7.89. The van der Waals surface area contributed by atoms with Crippen LogP contribution in [0.3, 0.4) is 0 Å². The molecule has 0 unspecified atom stereocenters. The number of hydrogen-bond donors (Lipinski definition) is 2. The highest BCUT2D eigenvalue weighted by Gasteiger charge is 2.16. The molecule has 0 aliphatic carbocycles. The maximum Gasteiger partial charge on any atom is 0.254 e. The van der Waals surface area contributed by atoms with Gasteiger partial charge in [-0.05, 0) is 35.9 Å². The third-order valence-electron chi connectivity index (χ3n) is 2.86. The van der Waals surface area contributed by atoms with Gasteiger partial charge in [0.05, 0.1) is 10.5 Å². The van der Waals surface area contributed by atoms with Crippen LogP contribution < -0.4 is 10.5 Å². The Morgan fingerprint density at radius 2 is 1.95 bits per heavy atom. The number of nitrogens with one attached hydrogen (secondary N) is 1. The predicted molar refractivity (Wildman–Crippen MR) is 80.4 cm³/mol. The molecule has 0 aromatic heterocycles. The standard InChI is InChI=1S/C14H12ClFN2O3S/c15-10-3-1-2-9(6-10)8-18-14(19)12-5-4-11(7-13(12)16)22(17,20)21/h1-7H,8H2,(H,18,19)(H2,17,20,21). The molecule has 0 fully saturated rings. The first kappa shape index (κ1) is 16.4. The van der Waals surface area contributed by atoms with Gasteiger partial charge in [0.1, 0.15) is 5.82 Å². The lowest BCUT2D eigenvalue weighted by Gasteiger charge is -2.07. The van der Waals surface area contributed by atoms with Gasteiger partial charge < -0.3 is 5.32 Å². The zero-order valence-corrected chi connectivity index (χ0v) is 12.8. The second-order valence-electron chi connectivity index (χ2n) is 4.50. The normalized spacial score (nSPS) is 11.2. The van der Waals surface area contributed by atoms with Gasteiger partial charge in [0.15, 0.2) is 0 Å². The van der Waals surface area contributed by atoms with Gasteiger partial charge in [-0.25, -0.2) is 17.9 Å². The van der Waals surface area contributed by atoms with Gasteiger partial charge in [-0.2, -0.15) is 0 Å². The first-order chi connectivity index (χ1) is 10.3. The molecule has 2 rings (SSSR count). The van der Waals surface area contributed by atoms with E-state index >= 15 is 0 Å². The summed E-state index contributed by atoms with van der Waals surface area (Å²) in [7, 11) is -4.01. The van der Waals surface area contributed by atoms with E-state index in [1.54, 1.807) is 24.3 Å². The number of halogens is 2. The molecule has 0 radical (unpaired) electrons. The van der Waals surface area contributed by atoms with E-state index in [0.717, 1.165) is 17.7 Å². The molecule has 5 nitrogen and oxygen atoms in total. The Balaban J connectivity index is 2.13. The number of hydrogen-bond acceptors (Lipinski definition) is 3. The van der Waals surface area contributed by atoms with Crippen molar-refractivity contribution in [1.82, 2.24) is 5.32 Å². The quantitative estimate of drug-likeness (QED) is 0.891. The van der Waals surface area contributed by atoms with Crippen LogP contribution in [-0.2, 0) is 16.6 Å². The summed E-state index contributed by atoms with van der Waals surface area (Å²) in [4.78, 5) is 11.5. The fourth-order valence-corrected chi connectivity index (χ4v) is 2.52. The second-order valence-corrected chi connectivity index (χ2v) is 6.50. The molecule has 1 amide bonds. The monoisotopic (exact) mass is 342 g/mol. The average Bonchev–Trinajstić information content (AvgIpc) is 2.44. The van der Waals surface area contributed by atoms with Crippen molar-refractivity contribution in [3.8, 4) is 0 Å². The molecular weight excluding hydrogens is 331 g/mol. The largest absolute Gasteiger partial charge is 0.348 e. The number of carbonyl (C=O) groups is 1. The minimum Gasteiger partial charge on any atom is -0.348 e. The fraction of sp³-hybridized carbons (Fsp3) is 0.0714. The maximum atomic E-state index is 13.8. The topological polar surface area (TPSA) is 89.3 Å². The van der Waals surface area contributed by atoms with Crippen LogP contribution in [0.15, 0.2) is 47.4 Å². The molecule has 3 N–H and O–H groups in total. The molecule has 0 saturated heterocycles. The summed E-state index contributed by atoms with van der Waals surface area (Å²) in [5.41, 5.74) is 0.483. The number of sulfonamides is 1. The Labute approximate surface area is 131 Å². The number of carbonyl (C=O) groups excluding carboxylic acids is 1. The Morgan fingerprint density at radius 3 is 2.55 bits per heavy atom. The molecule has 0 aliphatic heterocycles. The molecule has 0 spiro atoms. The molecule has 22 heavy (non-hydrogen) atoms. The van der Waals surface area contributed by atoms with E-state index in [4.69, 9.17) is 16.7 Å². The van der Waals surface area contributed by atoms with Gasteiger partial charge in [0.25, 0.3) is 5.91 Å². The molecule has 0 bridgehead atoms. The molecule has 0 atom stereocenters. The summed E-state index contributed by atoms with van der Waals surface area (Å²) in [5.74, 6) is -1.63. The minimum atomic E-state index is -4.01. The van der Waals surface area contributed by atoms with Crippen LogP contribution in [0.1, 0.15) is 15.9 Å². The van der Waals surface area contributed by atoms with Gasteiger partial charge >= 0.3 is 0 Å². The molecular formula is C14H12ClFN2O3S. The molecule has 2 aromatic rings. The van der Waals surface area contributed by atoms with Crippen molar-refractivity contribution in [2.45, 2.75) is 11.4 Å². The fourth-order valence-electron chi connectivity index (χ4n) is 1.78. The average molecular weight is 343 g/mol. The van der Waals surface area contributed by atoms with Crippen LogP contribution in [0.25, 0.3) is 0 Å². The van der Waals surface area contributed by atoms with Gasteiger partial charge in [-0.1, -0.05) is 23.7 Å². The summed E-state index contributed by atoms with van der Waals surface area (Å²) < 4.78 is 36.0. The van der Waals surface area contributed by atoms with E-state index in [1.807, 2.05) is 0 Å². The van der Waals surface area contributed by atoms with E-state index < -0.39 is 26.6 Å². The van der Waals surface area contributed by atoms with Crippen molar-refractivity contribution in [3.05, 3.63) is 64.4 Å². The van der Waals surface area contributed by atoms with Crippen molar-refractivity contribution < 1.29 is 17.6 Å². The van der Waals surface area contributed by atoms with Crippen LogP contribution in [0.5, 0.6) is 0 Å². The summed E-state index contributed by atoms with van der Waals surface area (Å²) in [6.45, 7) is 0.162. The minimum absolute atomic E-state index is 0.162. The van der Waals surface area contributed by atoms with Crippen LogP contribution in [0, 0.1) is 5.82 Å². The second kappa shape index (κ2) is 6.43. The van der Waals surface area contributed by atoms with E-state index in [2.05, 4.69) is 5.32 Å². The van der Waals surface area contributed by atoms with Gasteiger partial charge in [0, 0.05) is 11.6 Å². The van der Waals surface area contributed by atoms with E-state index in [-0.39, 0.29) is 12.1 Å². The van der Waals surface area contributed by atoms with E-state index in [1.165, 1.54) is 0 Å². The maximum absolute atomic E-state index is 13.8. The molecule has 0 heterocycles. The zero-order chi connectivity index (χ0) is 16.3. The summed E-state index contributed by atoms with van der Waals surface area (Å²) in [6.07, 6.45) is 0. The smallest absolute Gasteiger partial charge is 0.254 e. The molecule has 2 aromatic carbocycles. The Morgan fingerprint density at radius 1 is 1.23 bits per heavy atom. The summed E-state index contributed by atoms with van der Waals surface area (Å²) in [5, 5.41) is 7.94. The summed E-state index contributed by atoms with van der Waals surface area (Å²) >= 11 is 5.82. The van der Waals surface area contributed by atoms with Crippen LogP contribution in [0.4, 0.5) is 4.39 Å². The third kappa shape index (κ3) is 4.03. The Hall–Kier alpha value is -1.96. The highest BCUT2D eigenvalue weighted by Crippen LogP contribution is 2.14. The molecule has 116 valence electrons. The SMILES string of the molecule is NS(=O)(=O)c1ccc(C(=O)NCc2cccc(Cl)c2)c(F)c1. The van der Waals surface area contributed by atoms with Crippen LogP contribution in [-0.4, -0.2) is 14.3 Å². The predicted octanol–water partition coefficient (Wildman–Crippen LogP) is 2.06. The highest BCUT2D eigenvalue weighted by atomic mass is 35.5. The zero-order valence-electron chi connectivity index (χ0n) is 11.2. The molecule has 0 aliphatic rings. The van der Waals surface area contributed by atoms with E-state index in [9.17, 15) is 17.6 Å². The lowest BCUT2D eigenvalue weighted by atomic mass is 10.2. The van der Waals surface area contributed by atoms with Crippen molar-refractivity contribution >= 4 is 27.5 Å². The van der Waals surface area contributed by atoms with Gasteiger partial charge in [0.2, 0.25) is 10.0 Å². The Bertz CT molecular complexity index is 825.